The zero-order valence-electron chi connectivity index (χ0n) is 11.6. The molecular formula is C15H10ClFN4O2. The fourth-order valence-corrected chi connectivity index (χ4v) is 2.02. The van der Waals surface area contributed by atoms with Crippen LogP contribution in [0.2, 0.25) is 5.02 Å². The van der Waals surface area contributed by atoms with Crippen LogP contribution in [0.5, 0.6) is 0 Å². The topological polar surface area (TPSA) is 94.9 Å². The SMILES string of the molecule is [N-]=[N+]=NC(F)C(=O)Nc1ccc(Cl)cc1C(=O)c1ccccc1. The second-order valence-electron chi connectivity index (χ2n) is 4.42. The van der Waals surface area contributed by atoms with Gasteiger partial charge in [-0.15, -0.1) is 0 Å². The van der Waals surface area contributed by atoms with Gasteiger partial charge in [0, 0.05) is 21.1 Å². The van der Waals surface area contributed by atoms with Crippen LogP contribution >= 0.6 is 11.6 Å². The summed E-state index contributed by atoms with van der Waals surface area (Å²) in [7, 11) is 0. The van der Waals surface area contributed by atoms with Crippen LogP contribution < -0.4 is 5.32 Å². The van der Waals surface area contributed by atoms with Crippen molar-refractivity contribution in [1.82, 2.24) is 0 Å². The van der Waals surface area contributed by atoms with Crippen LogP contribution in [-0.4, -0.2) is 18.0 Å². The molecule has 0 bridgehead atoms. The molecule has 0 aliphatic carbocycles. The number of nitrogens with zero attached hydrogens (tertiary/aromatic N) is 3. The Balaban J connectivity index is 2.36. The largest absolute Gasteiger partial charge is 0.323 e. The molecule has 6 nitrogen and oxygen atoms in total. The van der Waals surface area contributed by atoms with Gasteiger partial charge in [0.1, 0.15) is 0 Å². The van der Waals surface area contributed by atoms with Gasteiger partial charge in [0.05, 0.1) is 5.69 Å². The number of carbonyl (C=O) groups is 2. The van der Waals surface area contributed by atoms with E-state index < -0.39 is 12.2 Å². The van der Waals surface area contributed by atoms with E-state index in [-0.39, 0.29) is 22.1 Å². The Bertz CT molecular complexity index is 791. The number of halogens is 2. The number of anilines is 1. The maximum Gasteiger partial charge on any atom is 0.265 e. The third-order valence-electron chi connectivity index (χ3n) is 2.89. The average Bonchev–Trinajstić information content (AvgIpc) is 2.56. The van der Waals surface area contributed by atoms with Crippen LogP contribution in [0.1, 0.15) is 15.9 Å². The van der Waals surface area contributed by atoms with Crippen molar-refractivity contribution in [2.24, 2.45) is 5.11 Å². The lowest BCUT2D eigenvalue weighted by atomic mass is 10.0. The highest BCUT2D eigenvalue weighted by Gasteiger charge is 2.20. The van der Waals surface area contributed by atoms with Gasteiger partial charge in [-0.3, -0.25) is 9.59 Å². The first-order valence-electron chi connectivity index (χ1n) is 6.41. The minimum atomic E-state index is -2.39. The van der Waals surface area contributed by atoms with Crippen molar-refractivity contribution in [3.05, 3.63) is 75.1 Å². The van der Waals surface area contributed by atoms with Crippen molar-refractivity contribution in [3.63, 3.8) is 0 Å². The molecule has 1 atom stereocenters. The van der Waals surface area contributed by atoms with Gasteiger partial charge in [-0.1, -0.05) is 41.9 Å². The molecule has 2 rings (SSSR count). The quantitative estimate of drug-likeness (QED) is 0.293. The van der Waals surface area contributed by atoms with E-state index in [4.69, 9.17) is 17.1 Å². The molecule has 0 heterocycles. The Morgan fingerprint density at radius 2 is 1.91 bits per heavy atom. The summed E-state index contributed by atoms with van der Waals surface area (Å²) in [5.74, 6) is -1.56. The summed E-state index contributed by atoms with van der Waals surface area (Å²) in [4.78, 5) is 26.3. The lowest BCUT2D eigenvalue weighted by Gasteiger charge is -2.11. The number of hydrogen-bond donors (Lipinski definition) is 1. The summed E-state index contributed by atoms with van der Waals surface area (Å²) < 4.78 is 13.3. The first kappa shape index (κ1) is 16.5. The Labute approximate surface area is 135 Å². The Morgan fingerprint density at radius 1 is 1.22 bits per heavy atom. The van der Waals surface area contributed by atoms with E-state index in [1.807, 2.05) is 0 Å². The first-order valence-corrected chi connectivity index (χ1v) is 6.79. The van der Waals surface area contributed by atoms with E-state index in [0.29, 0.717) is 5.56 Å². The molecule has 1 N–H and O–H groups in total. The monoisotopic (exact) mass is 332 g/mol. The van der Waals surface area contributed by atoms with Gasteiger partial charge < -0.3 is 5.32 Å². The maximum atomic E-state index is 13.3. The summed E-state index contributed by atoms with van der Waals surface area (Å²) in [5, 5.41) is 5.16. The smallest absolute Gasteiger partial charge is 0.265 e. The summed E-state index contributed by atoms with van der Waals surface area (Å²) in [6, 6.07) is 12.5. The molecular weight excluding hydrogens is 323 g/mol. The molecule has 8 heteroatoms. The van der Waals surface area contributed by atoms with E-state index in [9.17, 15) is 14.0 Å². The molecule has 0 saturated carbocycles. The van der Waals surface area contributed by atoms with Crippen molar-refractivity contribution >= 4 is 29.0 Å². The predicted octanol–water partition coefficient (Wildman–Crippen LogP) is 4.12. The summed E-state index contributed by atoms with van der Waals surface area (Å²) >= 11 is 5.89. The second kappa shape index (κ2) is 7.40. The fraction of sp³-hybridized carbons (Fsp3) is 0.0667. The third-order valence-corrected chi connectivity index (χ3v) is 3.12. The van der Waals surface area contributed by atoms with Crippen LogP contribution in [0.3, 0.4) is 0 Å². The minimum absolute atomic E-state index is 0.0732. The summed E-state index contributed by atoms with van der Waals surface area (Å²) in [6.45, 7) is 0. The standard InChI is InChI=1S/C15H10ClFN4O2/c16-10-6-7-12(19-15(23)14(17)20-21-18)11(8-10)13(22)9-4-2-1-3-5-9/h1-8,14H,(H,19,23). The molecule has 0 aliphatic rings. The lowest BCUT2D eigenvalue weighted by Crippen LogP contribution is -2.23. The molecule has 0 aromatic heterocycles. The van der Waals surface area contributed by atoms with E-state index in [0.717, 1.165) is 0 Å². The number of rotatable bonds is 5. The van der Waals surface area contributed by atoms with Gasteiger partial charge in [-0.2, -0.15) is 0 Å². The van der Waals surface area contributed by atoms with Crippen LogP contribution in [0.4, 0.5) is 10.1 Å². The van der Waals surface area contributed by atoms with Gasteiger partial charge in [-0.05, 0) is 28.8 Å². The van der Waals surface area contributed by atoms with Gasteiger partial charge in [0.2, 0.25) is 0 Å². The van der Waals surface area contributed by atoms with Crippen LogP contribution in [-0.2, 0) is 4.79 Å². The van der Waals surface area contributed by atoms with Crippen molar-refractivity contribution < 1.29 is 14.0 Å². The molecule has 0 saturated heterocycles. The molecule has 0 spiro atoms. The maximum absolute atomic E-state index is 13.3. The van der Waals surface area contributed by atoms with E-state index in [2.05, 4.69) is 15.3 Å². The number of azide groups is 1. The highest BCUT2D eigenvalue weighted by molar-refractivity contribution is 6.31. The number of carbonyl (C=O) groups excluding carboxylic acids is 2. The number of amides is 1. The Hall–Kier alpha value is -2.89. The molecule has 0 fully saturated rings. The molecule has 0 radical (unpaired) electrons. The second-order valence-corrected chi connectivity index (χ2v) is 4.85. The molecule has 0 aliphatic heterocycles. The van der Waals surface area contributed by atoms with E-state index in [1.165, 1.54) is 18.2 Å². The highest BCUT2D eigenvalue weighted by atomic mass is 35.5. The van der Waals surface area contributed by atoms with Crippen molar-refractivity contribution in [1.29, 1.82) is 0 Å². The number of nitrogens with one attached hydrogen (secondary N) is 1. The zero-order valence-corrected chi connectivity index (χ0v) is 12.4. The number of alkyl halides is 1. The molecule has 1 amide bonds. The van der Waals surface area contributed by atoms with Crippen LogP contribution in [0, 0.1) is 0 Å². The van der Waals surface area contributed by atoms with Gasteiger partial charge in [-0.25, -0.2) is 4.39 Å². The number of hydrogen-bond acceptors (Lipinski definition) is 3. The molecule has 23 heavy (non-hydrogen) atoms. The molecule has 2 aromatic carbocycles. The van der Waals surface area contributed by atoms with Gasteiger partial charge in [0.25, 0.3) is 12.2 Å². The lowest BCUT2D eigenvalue weighted by molar-refractivity contribution is -0.120. The molecule has 116 valence electrons. The van der Waals surface area contributed by atoms with Gasteiger partial charge in [0.15, 0.2) is 5.78 Å². The van der Waals surface area contributed by atoms with Crippen LogP contribution in [0.15, 0.2) is 53.6 Å². The number of ketones is 1. The van der Waals surface area contributed by atoms with Crippen molar-refractivity contribution in [3.8, 4) is 0 Å². The Morgan fingerprint density at radius 3 is 2.57 bits per heavy atom. The predicted molar refractivity (Wildman–Crippen MR) is 84.0 cm³/mol. The number of benzene rings is 2. The van der Waals surface area contributed by atoms with E-state index >= 15 is 0 Å². The van der Waals surface area contributed by atoms with E-state index in [1.54, 1.807) is 30.3 Å². The Kier molecular flexibility index (Phi) is 5.30. The third kappa shape index (κ3) is 4.06. The summed E-state index contributed by atoms with van der Waals surface area (Å²) in [6.07, 6.45) is -2.39. The van der Waals surface area contributed by atoms with Crippen molar-refractivity contribution in [2.75, 3.05) is 5.32 Å². The zero-order chi connectivity index (χ0) is 16.8. The molecule has 2 aromatic rings. The van der Waals surface area contributed by atoms with Crippen LogP contribution in [0.25, 0.3) is 10.4 Å². The average molecular weight is 333 g/mol. The first-order chi connectivity index (χ1) is 11.0. The normalized spacial score (nSPS) is 11.2. The molecule has 1 unspecified atom stereocenters. The minimum Gasteiger partial charge on any atom is -0.323 e. The van der Waals surface area contributed by atoms with Gasteiger partial charge >= 0.3 is 0 Å². The summed E-state index contributed by atoms with van der Waals surface area (Å²) in [5.41, 5.74) is 8.71. The fourth-order valence-electron chi connectivity index (χ4n) is 1.85. The van der Waals surface area contributed by atoms with Crippen molar-refractivity contribution in [2.45, 2.75) is 6.30 Å². The highest BCUT2D eigenvalue weighted by Crippen LogP contribution is 2.24.